The molecule has 8 aromatic carbocycles. The van der Waals surface area contributed by atoms with E-state index in [0.717, 1.165) is 50.1 Å². The molecular weight excluding hydrogens is 645 g/mol. The van der Waals surface area contributed by atoms with E-state index in [1.54, 1.807) is 0 Å². The maximum absolute atomic E-state index is 6.65. The lowest BCUT2D eigenvalue weighted by Crippen LogP contribution is -2.16. The summed E-state index contributed by atoms with van der Waals surface area (Å²) in [6, 6.07) is 59.8. The van der Waals surface area contributed by atoms with Crippen LogP contribution in [0.15, 0.2) is 168 Å². The molecule has 3 heteroatoms. The van der Waals surface area contributed by atoms with Crippen molar-refractivity contribution in [3.8, 4) is 16.8 Å². The molecule has 0 radical (unpaired) electrons. The topological polar surface area (TPSA) is 21.3 Å². The number of hydrogen-bond donors (Lipinski definition) is 0. The van der Waals surface area contributed by atoms with E-state index in [9.17, 15) is 0 Å². The van der Waals surface area contributed by atoms with Crippen molar-refractivity contribution >= 4 is 71.6 Å². The Labute approximate surface area is 307 Å². The quantitative estimate of drug-likeness (QED) is 0.184. The van der Waals surface area contributed by atoms with Crippen molar-refractivity contribution in [3.63, 3.8) is 0 Å². The first-order chi connectivity index (χ1) is 26.0. The Morgan fingerprint density at radius 1 is 0.509 bits per heavy atom. The Kier molecular flexibility index (Phi) is 6.22. The molecule has 2 heterocycles. The fourth-order valence-electron chi connectivity index (χ4n) is 9.20. The van der Waals surface area contributed by atoms with E-state index in [1.165, 1.54) is 55.0 Å². The number of furan rings is 1. The lowest BCUT2D eigenvalue weighted by molar-refractivity contribution is 0.660. The first-order valence-corrected chi connectivity index (χ1v) is 18.4. The summed E-state index contributed by atoms with van der Waals surface area (Å²) < 4.78 is 9.06. The number of aryl methyl sites for hydroxylation is 1. The number of rotatable bonds is 4. The number of fused-ring (bicyclic) bond motifs is 11. The van der Waals surface area contributed by atoms with Crippen LogP contribution in [-0.4, -0.2) is 4.57 Å². The highest BCUT2D eigenvalue weighted by atomic mass is 16.3. The maximum Gasteiger partial charge on any atom is 0.143 e. The molecule has 0 amide bonds. The Balaban J connectivity index is 1.25. The second kappa shape index (κ2) is 11.0. The molecule has 0 saturated heterocycles. The minimum Gasteiger partial charge on any atom is -0.455 e. The predicted molar refractivity (Wildman–Crippen MR) is 223 cm³/mol. The standard InChI is InChI=1S/C50H36N2O/c1-31-14-13-23-47-48(31)41-30-46(38-19-7-8-20-40(38)49(41)53-47)51(33-24-26-36-35-17-9-11-21-42(35)50(2,3)43(36)28-33)34-25-27-39-37-18-10-12-22-44(37)52(45(39)29-34)32-15-5-4-6-16-32/h4-30H,1-3H3. The molecule has 0 fully saturated rings. The van der Waals surface area contributed by atoms with Gasteiger partial charge in [-0.25, -0.2) is 0 Å². The smallest absolute Gasteiger partial charge is 0.143 e. The third-order valence-corrected chi connectivity index (χ3v) is 11.7. The maximum atomic E-state index is 6.65. The summed E-state index contributed by atoms with van der Waals surface area (Å²) in [4.78, 5) is 2.48. The van der Waals surface area contributed by atoms with Crippen molar-refractivity contribution in [2.45, 2.75) is 26.2 Å². The molecule has 0 atom stereocenters. The largest absolute Gasteiger partial charge is 0.455 e. The van der Waals surface area contributed by atoms with Crippen LogP contribution in [0.3, 0.4) is 0 Å². The van der Waals surface area contributed by atoms with Gasteiger partial charge in [0, 0.05) is 54.8 Å². The Hall–Kier alpha value is -6.58. The van der Waals surface area contributed by atoms with Crippen molar-refractivity contribution in [2.24, 2.45) is 0 Å². The van der Waals surface area contributed by atoms with Crippen LogP contribution in [0.5, 0.6) is 0 Å². The summed E-state index contributed by atoms with van der Waals surface area (Å²) in [5.41, 5.74) is 15.1. The highest BCUT2D eigenvalue weighted by molar-refractivity contribution is 6.20. The van der Waals surface area contributed by atoms with Crippen LogP contribution in [0.2, 0.25) is 0 Å². The molecule has 0 unspecified atom stereocenters. The molecular formula is C50H36N2O. The van der Waals surface area contributed by atoms with Crippen LogP contribution < -0.4 is 4.90 Å². The van der Waals surface area contributed by atoms with Gasteiger partial charge in [0.1, 0.15) is 11.2 Å². The number of aromatic nitrogens is 1. The second-order valence-electron chi connectivity index (χ2n) is 15.0. The van der Waals surface area contributed by atoms with Gasteiger partial charge in [0.05, 0.1) is 16.7 Å². The van der Waals surface area contributed by atoms with Crippen LogP contribution in [0.1, 0.15) is 30.5 Å². The third-order valence-electron chi connectivity index (χ3n) is 11.7. The molecule has 3 nitrogen and oxygen atoms in total. The molecule has 2 aromatic heterocycles. The van der Waals surface area contributed by atoms with Gasteiger partial charge in [-0.1, -0.05) is 123 Å². The molecule has 11 rings (SSSR count). The number of anilines is 3. The van der Waals surface area contributed by atoms with Gasteiger partial charge in [0.15, 0.2) is 0 Å². The van der Waals surface area contributed by atoms with Gasteiger partial charge in [-0.15, -0.1) is 0 Å². The number of hydrogen-bond acceptors (Lipinski definition) is 2. The van der Waals surface area contributed by atoms with Crippen molar-refractivity contribution in [2.75, 3.05) is 4.90 Å². The number of benzene rings is 8. The van der Waals surface area contributed by atoms with Crippen LogP contribution in [0, 0.1) is 6.92 Å². The van der Waals surface area contributed by atoms with Crippen LogP contribution in [0.4, 0.5) is 17.1 Å². The first kappa shape index (κ1) is 30.1. The third kappa shape index (κ3) is 4.22. The molecule has 53 heavy (non-hydrogen) atoms. The van der Waals surface area contributed by atoms with Crippen molar-refractivity contribution in [3.05, 3.63) is 180 Å². The molecule has 0 N–H and O–H groups in total. The number of para-hydroxylation sites is 2. The number of nitrogens with zero attached hydrogens (tertiary/aromatic N) is 2. The van der Waals surface area contributed by atoms with Gasteiger partial charge >= 0.3 is 0 Å². The van der Waals surface area contributed by atoms with E-state index < -0.39 is 0 Å². The molecule has 0 aliphatic heterocycles. The zero-order valence-corrected chi connectivity index (χ0v) is 29.9. The highest BCUT2D eigenvalue weighted by Gasteiger charge is 2.36. The van der Waals surface area contributed by atoms with Gasteiger partial charge < -0.3 is 13.9 Å². The summed E-state index contributed by atoms with van der Waals surface area (Å²) >= 11 is 0. The van der Waals surface area contributed by atoms with Gasteiger partial charge in [0.25, 0.3) is 0 Å². The zero-order chi connectivity index (χ0) is 35.4. The van der Waals surface area contributed by atoms with Gasteiger partial charge in [-0.3, -0.25) is 0 Å². The lowest BCUT2D eigenvalue weighted by atomic mass is 9.82. The van der Waals surface area contributed by atoms with E-state index in [4.69, 9.17) is 4.42 Å². The van der Waals surface area contributed by atoms with Crippen molar-refractivity contribution < 1.29 is 4.42 Å². The van der Waals surface area contributed by atoms with Gasteiger partial charge in [0.2, 0.25) is 0 Å². The average molecular weight is 681 g/mol. The van der Waals surface area contributed by atoms with Crippen molar-refractivity contribution in [1.29, 1.82) is 0 Å². The van der Waals surface area contributed by atoms with E-state index in [2.05, 4.69) is 194 Å². The molecule has 252 valence electrons. The summed E-state index contributed by atoms with van der Waals surface area (Å²) in [5, 5.41) is 7.02. The molecule has 0 bridgehead atoms. The van der Waals surface area contributed by atoms with Crippen molar-refractivity contribution in [1.82, 2.24) is 4.57 Å². The fourth-order valence-corrected chi connectivity index (χ4v) is 9.20. The monoisotopic (exact) mass is 680 g/mol. The van der Waals surface area contributed by atoms with Gasteiger partial charge in [-0.05, 0) is 89.3 Å². The van der Waals surface area contributed by atoms with Crippen LogP contribution in [-0.2, 0) is 5.41 Å². The van der Waals surface area contributed by atoms with E-state index in [0.29, 0.717) is 0 Å². The summed E-state index contributed by atoms with van der Waals surface area (Å²) in [6.07, 6.45) is 0. The SMILES string of the molecule is Cc1cccc2oc3c4ccccc4c(N(c4ccc5c(c4)C(C)(C)c4ccccc4-5)c4ccc5c6ccccc6n(-c6ccccc6)c5c4)cc3c12. The summed E-state index contributed by atoms with van der Waals surface area (Å²) in [7, 11) is 0. The Morgan fingerprint density at radius 2 is 1.19 bits per heavy atom. The normalized spacial score (nSPS) is 13.3. The van der Waals surface area contributed by atoms with Gasteiger partial charge in [-0.2, -0.15) is 0 Å². The Morgan fingerprint density at radius 3 is 2.06 bits per heavy atom. The average Bonchev–Trinajstić information content (AvgIpc) is 3.81. The minimum atomic E-state index is -0.138. The van der Waals surface area contributed by atoms with E-state index >= 15 is 0 Å². The predicted octanol–water partition coefficient (Wildman–Crippen LogP) is 13.9. The minimum absolute atomic E-state index is 0.138. The highest BCUT2D eigenvalue weighted by Crippen LogP contribution is 2.52. The summed E-state index contributed by atoms with van der Waals surface area (Å²) in [5.74, 6) is 0. The van der Waals surface area contributed by atoms with Crippen LogP contribution in [0.25, 0.3) is 71.3 Å². The molecule has 0 spiro atoms. The molecule has 0 saturated carbocycles. The molecule has 1 aliphatic carbocycles. The van der Waals surface area contributed by atoms with E-state index in [1.807, 2.05) is 0 Å². The fraction of sp³-hybridized carbons (Fsp3) is 0.0800. The summed E-state index contributed by atoms with van der Waals surface area (Å²) in [6.45, 7) is 6.90. The van der Waals surface area contributed by atoms with E-state index in [-0.39, 0.29) is 5.41 Å². The molecule has 10 aromatic rings. The second-order valence-corrected chi connectivity index (χ2v) is 15.0. The Bertz CT molecular complexity index is 3110. The zero-order valence-electron chi connectivity index (χ0n) is 29.9. The molecule has 1 aliphatic rings. The van der Waals surface area contributed by atoms with Crippen LogP contribution >= 0.6 is 0 Å². The first-order valence-electron chi connectivity index (χ1n) is 18.4. The lowest BCUT2D eigenvalue weighted by Gasteiger charge is -2.29.